The van der Waals surface area contributed by atoms with Crippen LogP contribution in [0.5, 0.6) is 0 Å². The monoisotopic (exact) mass is 344 g/mol. The lowest BCUT2D eigenvalue weighted by molar-refractivity contribution is 0.133. The molecule has 0 aromatic heterocycles. The van der Waals surface area contributed by atoms with E-state index in [0.717, 1.165) is 10.2 Å². The first-order valence-electron chi connectivity index (χ1n) is 6.82. The minimum atomic E-state index is 0.609. The molecule has 1 N–H and O–H groups in total. The van der Waals surface area contributed by atoms with Crippen LogP contribution in [0.3, 0.4) is 0 Å². The molecule has 0 saturated carbocycles. The Hall–Kier alpha value is -1.83. The standard InChI is InChI=1S/C17H17BrN2O/c1-2-21-12-15-6-4-3-5-14(15)11-20-17-9-16(18)8-7-13(17)10-19/h3-9,20H,2,11-12H2,1H3. The molecule has 0 bridgehead atoms. The van der Waals surface area contributed by atoms with Crippen molar-refractivity contribution < 1.29 is 4.74 Å². The van der Waals surface area contributed by atoms with Crippen LogP contribution in [0.15, 0.2) is 46.9 Å². The summed E-state index contributed by atoms with van der Waals surface area (Å²) in [7, 11) is 0. The summed E-state index contributed by atoms with van der Waals surface area (Å²) in [5, 5.41) is 12.5. The maximum Gasteiger partial charge on any atom is 0.101 e. The highest BCUT2D eigenvalue weighted by atomic mass is 79.9. The van der Waals surface area contributed by atoms with Crippen LogP contribution in [0, 0.1) is 11.3 Å². The number of benzene rings is 2. The molecule has 2 aromatic carbocycles. The van der Waals surface area contributed by atoms with Crippen LogP contribution in [0.4, 0.5) is 5.69 Å². The molecule has 2 rings (SSSR count). The highest BCUT2D eigenvalue weighted by Gasteiger charge is 2.05. The third-order valence-electron chi connectivity index (χ3n) is 3.15. The second-order valence-corrected chi connectivity index (χ2v) is 5.48. The zero-order valence-electron chi connectivity index (χ0n) is 11.9. The molecule has 0 saturated heterocycles. The normalized spacial score (nSPS) is 10.1. The Labute approximate surface area is 133 Å². The lowest BCUT2D eigenvalue weighted by atomic mass is 10.1. The van der Waals surface area contributed by atoms with Crippen molar-refractivity contribution in [3.8, 4) is 6.07 Å². The van der Waals surface area contributed by atoms with Crippen LogP contribution < -0.4 is 5.32 Å². The highest BCUT2D eigenvalue weighted by molar-refractivity contribution is 9.10. The van der Waals surface area contributed by atoms with Crippen LogP contribution in [0.2, 0.25) is 0 Å². The topological polar surface area (TPSA) is 45.0 Å². The summed E-state index contributed by atoms with van der Waals surface area (Å²) >= 11 is 3.43. The largest absolute Gasteiger partial charge is 0.380 e. The van der Waals surface area contributed by atoms with E-state index in [4.69, 9.17) is 10.00 Å². The van der Waals surface area contributed by atoms with Gasteiger partial charge >= 0.3 is 0 Å². The molecule has 0 unspecified atom stereocenters. The Bertz CT molecular complexity index is 649. The van der Waals surface area contributed by atoms with Gasteiger partial charge in [-0.15, -0.1) is 0 Å². The van der Waals surface area contributed by atoms with Gasteiger partial charge in [-0.25, -0.2) is 0 Å². The molecule has 4 heteroatoms. The van der Waals surface area contributed by atoms with E-state index in [2.05, 4.69) is 39.4 Å². The fraction of sp³-hybridized carbons (Fsp3) is 0.235. The molecule has 21 heavy (non-hydrogen) atoms. The first-order chi connectivity index (χ1) is 10.2. The van der Waals surface area contributed by atoms with Crippen LogP contribution in [-0.4, -0.2) is 6.61 Å². The maximum atomic E-state index is 9.15. The van der Waals surface area contributed by atoms with Crippen molar-refractivity contribution in [2.24, 2.45) is 0 Å². The first-order valence-corrected chi connectivity index (χ1v) is 7.62. The lowest BCUT2D eigenvalue weighted by Crippen LogP contribution is -2.05. The van der Waals surface area contributed by atoms with Crippen LogP contribution >= 0.6 is 15.9 Å². The Morgan fingerprint density at radius 3 is 2.67 bits per heavy atom. The molecular formula is C17H17BrN2O. The summed E-state index contributed by atoms with van der Waals surface area (Å²) in [5.41, 5.74) is 3.81. The number of nitrogens with one attached hydrogen (secondary N) is 1. The van der Waals surface area contributed by atoms with Gasteiger partial charge in [-0.05, 0) is 36.2 Å². The number of hydrogen-bond acceptors (Lipinski definition) is 3. The predicted octanol–water partition coefficient (Wildman–Crippen LogP) is 4.47. The molecule has 0 radical (unpaired) electrons. The lowest BCUT2D eigenvalue weighted by Gasteiger charge is -2.12. The molecule has 0 aliphatic carbocycles. The minimum Gasteiger partial charge on any atom is -0.380 e. The molecule has 0 amide bonds. The Kier molecular flexibility index (Phi) is 5.79. The van der Waals surface area contributed by atoms with Crippen LogP contribution in [0.25, 0.3) is 0 Å². The van der Waals surface area contributed by atoms with Crippen molar-refractivity contribution in [1.29, 1.82) is 5.26 Å². The maximum absolute atomic E-state index is 9.15. The van der Waals surface area contributed by atoms with Crippen LogP contribution in [0.1, 0.15) is 23.6 Å². The molecular weight excluding hydrogens is 328 g/mol. The van der Waals surface area contributed by atoms with Gasteiger partial charge in [0.15, 0.2) is 0 Å². The van der Waals surface area contributed by atoms with Gasteiger partial charge in [0.05, 0.1) is 17.9 Å². The summed E-state index contributed by atoms with van der Waals surface area (Å²) in [6.45, 7) is 3.96. The fourth-order valence-electron chi connectivity index (χ4n) is 2.03. The zero-order chi connectivity index (χ0) is 15.1. The van der Waals surface area contributed by atoms with Gasteiger partial charge in [-0.3, -0.25) is 0 Å². The first kappa shape index (κ1) is 15.6. The van der Waals surface area contributed by atoms with E-state index in [1.165, 1.54) is 11.1 Å². The molecule has 0 fully saturated rings. The Morgan fingerprint density at radius 2 is 1.95 bits per heavy atom. The van der Waals surface area contributed by atoms with E-state index < -0.39 is 0 Å². The molecule has 0 atom stereocenters. The number of hydrogen-bond donors (Lipinski definition) is 1. The number of halogens is 1. The molecule has 0 aliphatic rings. The van der Waals surface area contributed by atoms with E-state index in [1.807, 2.05) is 31.2 Å². The van der Waals surface area contributed by atoms with Crippen molar-refractivity contribution in [1.82, 2.24) is 0 Å². The van der Waals surface area contributed by atoms with Gasteiger partial charge in [0, 0.05) is 17.6 Å². The highest BCUT2D eigenvalue weighted by Crippen LogP contribution is 2.22. The molecule has 108 valence electrons. The van der Waals surface area contributed by atoms with Gasteiger partial charge in [0.25, 0.3) is 0 Å². The van der Waals surface area contributed by atoms with E-state index in [1.54, 1.807) is 6.07 Å². The van der Waals surface area contributed by atoms with Crippen molar-refractivity contribution in [3.63, 3.8) is 0 Å². The zero-order valence-corrected chi connectivity index (χ0v) is 13.5. The van der Waals surface area contributed by atoms with Gasteiger partial charge in [0.1, 0.15) is 6.07 Å². The van der Waals surface area contributed by atoms with Crippen LogP contribution in [-0.2, 0) is 17.9 Å². The molecule has 0 spiro atoms. The number of ether oxygens (including phenoxy) is 1. The second kappa shape index (κ2) is 7.82. The number of anilines is 1. The Morgan fingerprint density at radius 1 is 1.19 bits per heavy atom. The van der Waals surface area contributed by atoms with Gasteiger partial charge in [-0.2, -0.15) is 5.26 Å². The van der Waals surface area contributed by atoms with Crippen molar-refractivity contribution in [2.75, 3.05) is 11.9 Å². The SMILES string of the molecule is CCOCc1ccccc1CNc1cc(Br)ccc1C#N. The average Bonchev–Trinajstić information content (AvgIpc) is 2.52. The number of nitrogens with zero attached hydrogens (tertiary/aromatic N) is 1. The quantitative estimate of drug-likeness (QED) is 0.840. The molecule has 0 heterocycles. The summed E-state index contributed by atoms with van der Waals surface area (Å²) in [5.74, 6) is 0. The number of rotatable bonds is 6. The van der Waals surface area contributed by atoms with Crippen molar-refractivity contribution in [3.05, 3.63) is 63.6 Å². The molecule has 3 nitrogen and oxygen atoms in total. The fourth-order valence-corrected chi connectivity index (χ4v) is 2.39. The Balaban J connectivity index is 2.13. The van der Waals surface area contributed by atoms with E-state index in [-0.39, 0.29) is 0 Å². The summed E-state index contributed by atoms with van der Waals surface area (Å²) in [6.07, 6.45) is 0. The second-order valence-electron chi connectivity index (χ2n) is 4.56. The third kappa shape index (κ3) is 4.32. The average molecular weight is 345 g/mol. The smallest absolute Gasteiger partial charge is 0.101 e. The molecule has 0 aliphatic heterocycles. The van der Waals surface area contributed by atoms with Crippen molar-refractivity contribution in [2.45, 2.75) is 20.1 Å². The number of nitriles is 1. The summed E-state index contributed by atoms with van der Waals surface area (Å²) in [4.78, 5) is 0. The molecule has 2 aromatic rings. The predicted molar refractivity (Wildman–Crippen MR) is 88.0 cm³/mol. The van der Waals surface area contributed by atoms with Gasteiger partial charge < -0.3 is 10.1 Å². The van der Waals surface area contributed by atoms with Gasteiger partial charge in [0.2, 0.25) is 0 Å². The summed E-state index contributed by atoms with van der Waals surface area (Å²) < 4.78 is 6.44. The van der Waals surface area contributed by atoms with Crippen molar-refractivity contribution >= 4 is 21.6 Å². The van der Waals surface area contributed by atoms with E-state index in [9.17, 15) is 0 Å². The van der Waals surface area contributed by atoms with E-state index >= 15 is 0 Å². The minimum absolute atomic E-state index is 0.609. The third-order valence-corrected chi connectivity index (χ3v) is 3.64. The van der Waals surface area contributed by atoms with Gasteiger partial charge in [-0.1, -0.05) is 40.2 Å². The van der Waals surface area contributed by atoms with E-state index in [0.29, 0.717) is 25.3 Å². The summed E-state index contributed by atoms with van der Waals surface area (Å²) in [6, 6.07) is 16.0.